The highest BCUT2D eigenvalue weighted by Gasteiger charge is 2.26. The predicted octanol–water partition coefficient (Wildman–Crippen LogP) is 3.21. The van der Waals surface area contributed by atoms with Gasteiger partial charge in [-0.05, 0) is 37.8 Å². The monoisotopic (exact) mass is 325 g/mol. The number of benzene rings is 1. The van der Waals surface area contributed by atoms with E-state index >= 15 is 0 Å². The quantitative estimate of drug-likeness (QED) is 0.865. The summed E-state index contributed by atoms with van der Waals surface area (Å²) >= 11 is 0. The van der Waals surface area contributed by atoms with Crippen molar-refractivity contribution in [1.29, 1.82) is 0 Å². The number of carbonyl (C=O) groups is 2. The van der Waals surface area contributed by atoms with Crippen LogP contribution in [0.1, 0.15) is 49.9 Å². The molecule has 0 heterocycles. The summed E-state index contributed by atoms with van der Waals surface area (Å²) in [6, 6.07) is 2.49. The number of rotatable bonds is 4. The van der Waals surface area contributed by atoms with Crippen LogP contribution in [0.15, 0.2) is 18.2 Å². The SMILES string of the molecule is C[C@@H](OC(=O)c1cc(F)cc(F)c1)C(=O)N[C@H]1CCCC[C@@H]1C. The van der Waals surface area contributed by atoms with Crippen molar-refractivity contribution in [2.75, 3.05) is 0 Å². The van der Waals surface area contributed by atoms with E-state index < -0.39 is 29.6 Å². The lowest BCUT2D eigenvalue weighted by atomic mass is 9.86. The highest BCUT2D eigenvalue weighted by atomic mass is 19.1. The summed E-state index contributed by atoms with van der Waals surface area (Å²) < 4.78 is 31.2. The van der Waals surface area contributed by atoms with E-state index in [9.17, 15) is 18.4 Å². The Balaban J connectivity index is 1.93. The molecule has 0 aliphatic heterocycles. The zero-order valence-electron chi connectivity index (χ0n) is 13.3. The van der Waals surface area contributed by atoms with Crippen LogP contribution in [0.3, 0.4) is 0 Å². The lowest BCUT2D eigenvalue weighted by molar-refractivity contribution is -0.130. The molecule has 0 radical (unpaired) electrons. The number of amides is 1. The van der Waals surface area contributed by atoms with E-state index in [2.05, 4.69) is 12.2 Å². The second-order valence-corrected chi connectivity index (χ2v) is 6.08. The Bertz CT molecular complexity index is 571. The number of halogens is 2. The molecule has 4 nitrogen and oxygen atoms in total. The first-order valence-electron chi connectivity index (χ1n) is 7.84. The molecule has 3 atom stereocenters. The minimum Gasteiger partial charge on any atom is -0.449 e. The molecule has 2 rings (SSSR count). The third-order valence-electron chi connectivity index (χ3n) is 4.19. The van der Waals surface area contributed by atoms with Gasteiger partial charge in [0, 0.05) is 12.1 Å². The molecule has 1 amide bonds. The lowest BCUT2D eigenvalue weighted by Gasteiger charge is -2.30. The molecule has 1 aromatic rings. The second kappa shape index (κ2) is 7.53. The van der Waals surface area contributed by atoms with Gasteiger partial charge in [-0.3, -0.25) is 4.79 Å². The number of esters is 1. The molecule has 23 heavy (non-hydrogen) atoms. The van der Waals surface area contributed by atoms with Gasteiger partial charge in [0.1, 0.15) is 11.6 Å². The van der Waals surface area contributed by atoms with Crippen molar-refractivity contribution in [3.8, 4) is 0 Å². The molecule has 0 saturated heterocycles. The first kappa shape index (κ1) is 17.4. The summed E-state index contributed by atoms with van der Waals surface area (Å²) in [6.45, 7) is 3.52. The summed E-state index contributed by atoms with van der Waals surface area (Å²) in [5, 5.41) is 2.88. The van der Waals surface area contributed by atoms with E-state index in [4.69, 9.17) is 4.74 Å². The van der Waals surface area contributed by atoms with Crippen molar-refractivity contribution in [3.05, 3.63) is 35.4 Å². The summed E-state index contributed by atoms with van der Waals surface area (Å²) in [5.41, 5.74) is -0.256. The zero-order chi connectivity index (χ0) is 17.0. The Morgan fingerprint density at radius 1 is 1.17 bits per heavy atom. The van der Waals surface area contributed by atoms with Crippen LogP contribution >= 0.6 is 0 Å². The molecule has 0 bridgehead atoms. The molecule has 1 fully saturated rings. The maximum atomic E-state index is 13.1. The molecular formula is C17H21F2NO3. The van der Waals surface area contributed by atoms with Gasteiger partial charge in [-0.15, -0.1) is 0 Å². The predicted molar refractivity (Wildman–Crippen MR) is 80.8 cm³/mol. The highest BCUT2D eigenvalue weighted by molar-refractivity contribution is 5.92. The Hall–Kier alpha value is -1.98. The summed E-state index contributed by atoms with van der Waals surface area (Å²) in [6.07, 6.45) is 3.16. The highest BCUT2D eigenvalue weighted by Crippen LogP contribution is 2.23. The average molecular weight is 325 g/mol. The summed E-state index contributed by atoms with van der Waals surface area (Å²) in [4.78, 5) is 24.0. The van der Waals surface area contributed by atoms with Gasteiger partial charge in [-0.2, -0.15) is 0 Å². The lowest BCUT2D eigenvalue weighted by Crippen LogP contribution is -2.46. The Labute approximate surface area is 134 Å². The molecule has 1 N–H and O–H groups in total. The minimum absolute atomic E-state index is 0.0732. The van der Waals surface area contributed by atoms with Gasteiger partial charge < -0.3 is 10.1 Å². The Kier molecular flexibility index (Phi) is 5.69. The Morgan fingerprint density at radius 2 is 1.78 bits per heavy atom. The van der Waals surface area contributed by atoms with Crippen LogP contribution in [-0.2, 0) is 9.53 Å². The zero-order valence-corrected chi connectivity index (χ0v) is 13.3. The molecule has 6 heteroatoms. The maximum Gasteiger partial charge on any atom is 0.339 e. The first-order chi connectivity index (χ1) is 10.9. The number of nitrogens with one attached hydrogen (secondary N) is 1. The standard InChI is InChI=1S/C17H21F2NO3/c1-10-5-3-4-6-15(10)20-16(21)11(2)23-17(22)12-7-13(18)9-14(19)8-12/h7-11,15H,3-6H2,1-2H3,(H,20,21)/t10-,11+,15-/m0/s1. The third-order valence-corrected chi connectivity index (χ3v) is 4.19. The molecule has 1 aliphatic carbocycles. The van der Waals surface area contributed by atoms with Crippen molar-refractivity contribution in [3.63, 3.8) is 0 Å². The second-order valence-electron chi connectivity index (χ2n) is 6.08. The van der Waals surface area contributed by atoms with Gasteiger partial charge in [0.05, 0.1) is 5.56 Å². The molecule has 0 spiro atoms. The smallest absolute Gasteiger partial charge is 0.339 e. The molecule has 1 aromatic carbocycles. The van der Waals surface area contributed by atoms with E-state index in [1.54, 1.807) is 0 Å². The molecular weight excluding hydrogens is 304 g/mol. The third kappa shape index (κ3) is 4.74. The van der Waals surface area contributed by atoms with Gasteiger partial charge in [0.25, 0.3) is 5.91 Å². The minimum atomic E-state index is -1.03. The number of carbonyl (C=O) groups excluding carboxylic acids is 2. The van der Waals surface area contributed by atoms with Crippen molar-refractivity contribution in [2.24, 2.45) is 5.92 Å². The summed E-state index contributed by atoms with van der Waals surface area (Å²) in [5.74, 6) is -2.68. The van der Waals surface area contributed by atoms with E-state index in [1.165, 1.54) is 6.92 Å². The fourth-order valence-corrected chi connectivity index (χ4v) is 2.78. The van der Waals surface area contributed by atoms with Crippen LogP contribution < -0.4 is 5.32 Å². The van der Waals surface area contributed by atoms with Crippen molar-refractivity contribution in [2.45, 2.75) is 51.7 Å². The van der Waals surface area contributed by atoms with E-state index in [0.29, 0.717) is 12.0 Å². The number of hydrogen-bond acceptors (Lipinski definition) is 3. The van der Waals surface area contributed by atoms with Crippen molar-refractivity contribution < 1.29 is 23.1 Å². The van der Waals surface area contributed by atoms with Crippen LogP contribution in [0, 0.1) is 17.6 Å². The van der Waals surface area contributed by atoms with Gasteiger partial charge in [0.15, 0.2) is 6.10 Å². The fourth-order valence-electron chi connectivity index (χ4n) is 2.78. The van der Waals surface area contributed by atoms with Crippen LogP contribution in [0.5, 0.6) is 0 Å². The Morgan fingerprint density at radius 3 is 2.39 bits per heavy atom. The van der Waals surface area contributed by atoms with Crippen LogP contribution in [0.4, 0.5) is 8.78 Å². The topological polar surface area (TPSA) is 55.4 Å². The van der Waals surface area contributed by atoms with Gasteiger partial charge in [-0.1, -0.05) is 19.8 Å². The largest absolute Gasteiger partial charge is 0.449 e. The number of ether oxygens (including phenoxy) is 1. The van der Waals surface area contributed by atoms with Crippen LogP contribution in [0.25, 0.3) is 0 Å². The molecule has 1 aliphatic rings. The fraction of sp³-hybridized carbons (Fsp3) is 0.529. The molecule has 0 unspecified atom stereocenters. The van der Waals surface area contributed by atoms with E-state index in [-0.39, 0.29) is 11.6 Å². The van der Waals surface area contributed by atoms with E-state index in [1.807, 2.05) is 0 Å². The van der Waals surface area contributed by atoms with Crippen molar-refractivity contribution >= 4 is 11.9 Å². The first-order valence-corrected chi connectivity index (χ1v) is 7.84. The summed E-state index contributed by atoms with van der Waals surface area (Å²) in [7, 11) is 0. The molecule has 0 aromatic heterocycles. The van der Waals surface area contributed by atoms with Crippen molar-refractivity contribution in [1.82, 2.24) is 5.32 Å². The molecule has 1 saturated carbocycles. The normalized spacial score (nSPS) is 22.3. The molecule has 126 valence electrons. The maximum absolute atomic E-state index is 13.1. The van der Waals surface area contributed by atoms with Gasteiger partial charge in [-0.25, -0.2) is 13.6 Å². The average Bonchev–Trinajstić information content (AvgIpc) is 2.48. The van der Waals surface area contributed by atoms with Crippen LogP contribution in [-0.4, -0.2) is 24.0 Å². The number of hydrogen-bond donors (Lipinski definition) is 1. The van der Waals surface area contributed by atoms with Gasteiger partial charge >= 0.3 is 5.97 Å². The van der Waals surface area contributed by atoms with Crippen LogP contribution in [0.2, 0.25) is 0 Å². The van der Waals surface area contributed by atoms with Gasteiger partial charge in [0.2, 0.25) is 0 Å². The van der Waals surface area contributed by atoms with E-state index in [0.717, 1.165) is 37.8 Å².